The van der Waals surface area contributed by atoms with Gasteiger partial charge in [-0.25, -0.2) is 8.42 Å². The van der Waals surface area contributed by atoms with Crippen LogP contribution in [0.2, 0.25) is 0 Å². The van der Waals surface area contributed by atoms with E-state index in [4.69, 9.17) is 0 Å². The highest BCUT2D eigenvalue weighted by Crippen LogP contribution is 2.26. The van der Waals surface area contributed by atoms with Crippen LogP contribution in [0.1, 0.15) is 48.6 Å². The molecule has 3 rings (SSSR count). The molecule has 1 aliphatic rings. The quantitative estimate of drug-likeness (QED) is 0.757. The third kappa shape index (κ3) is 4.64. The van der Waals surface area contributed by atoms with E-state index in [2.05, 4.69) is 10.4 Å². The van der Waals surface area contributed by atoms with E-state index in [0.717, 1.165) is 0 Å². The fourth-order valence-electron chi connectivity index (χ4n) is 3.90. The molecule has 10 heteroatoms. The summed E-state index contributed by atoms with van der Waals surface area (Å²) in [6, 6.07) is 6.79. The molecule has 1 saturated heterocycles. The Balaban J connectivity index is 1.74. The number of aromatic nitrogens is 2. The molecule has 0 radical (unpaired) electrons. The third-order valence-corrected chi connectivity index (χ3v) is 7.45. The van der Waals surface area contributed by atoms with Gasteiger partial charge in [-0.15, -0.1) is 0 Å². The lowest BCUT2D eigenvalue weighted by molar-refractivity contribution is -0.114. The first kappa shape index (κ1) is 23.0. The van der Waals surface area contributed by atoms with Crippen LogP contribution in [0.25, 0.3) is 0 Å². The number of piperazine rings is 1. The van der Waals surface area contributed by atoms with Gasteiger partial charge in [-0.1, -0.05) is 6.07 Å². The molecule has 0 spiro atoms. The maximum absolute atomic E-state index is 13.3. The predicted octanol–water partition coefficient (Wildman–Crippen LogP) is 2.19. The summed E-state index contributed by atoms with van der Waals surface area (Å²) in [7, 11) is -3.71. The average Bonchev–Trinajstić information content (AvgIpc) is 3.02. The molecule has 2 aromatic rings. The Morgan fingerprint density at radius 1 is 1.10 bits per heavy atom. The number of carbonyl (C=O) groups excluding carboxylic acids is 2. The van der Waals surface area contributed by atoms with Crippen LogP contribution >= 0.6 is 0 Å². The number of nitrogens with one attached hydrogen (secondary N) is 1. The molecule has 1 aromatic heterocycles. The number of rotatable bonds is 5. The summed E-state index contributed by atoms with van der Waals surface area (Å²) < 4.78 is 29.7. The van der Waals surface area contributed by atoms with Crippen LogP contribution in [0.15, 0.2) is 29.2 Å². The smallest absolute Gasteiger partial charge is 0.254 e. The number of benzene rings is 1. The van der Waals surface area contributed by atoms with Gasteiger partial charge in [0.05, 0.1) is 11.4 Å². The zero-order valence-electron chi connectivity index (χ0n) is 18.5. The fraction of sp³-hybridized carbons (Fsp3) is 0.476. The van der Waals surface area contributed by atoms with Crippen LogP contribution in [-0.4, -0.2) is 65.4 Å². The van der Waals surface area contributed by atoms with E-state index >= 15 is 0 Å². The topological polar surface area (TPSA) is 105 Å². The summed E-state index contributed by atoms with van der Waals surface area (Å²) in [4.78, 5) is 26.0. The molecule has 31 heavy (non-hydrogen) atoms. The molecule has 2 amide bonds. The minimum Gasteiger partial charge on any atom is -0.336 e. The van der Waals surface area contributed by atoms with Crippen LogP contribution in [0.5, 0.6) is 0 Å². The van der Waals surface area contributed by atoms with Gasteiger partial charge >= 0.3 is 0 Å². The second-order valence-corrected chi connectivity index (χ2v) is 9.87. The SMILES string of the molecule is CC(=O)Nc1cccc(C(=O)N2CCN(S(=O)(=O)c3c(C)nn(C(C)C)c3C)CC2)c1. The Labute approximate surface area is 183 Å². The maximum Gasteiger partial charge on any atom is 0.254 e. The molecule has 0 unspecified atom stereocenters. The molecule has 0 atom stereocenters. The molecule has 2 heterocycles. The minimum atomic E-state index is -3.71. The van der Waals surface area contributed by atoms with Crippen LogP contribution in [-0.2, 0) is 14.8 Å². The first-order valence-corrected chi connectivity index (χ1v) is 11.7. The Morgan fingerprint density at radius 3 is 2.29 bits per heavy atom. The largest absolute Gasteiger partial charge is 0.336 e. The van der Waals surface area contributed by atoms with E-state index in [1.54, 1.807) is 47.7 Å². The highest BCUT2D eigenvalue weighted by molar-refractivity contribution is 7.89. The van der Waals surface area contributed by atoms with Gasteiger partial charge in [-0.05, 0) is 45.9 Å². The van der Waals surface area contributed by atoms with Crippen LogP contribution < -0.4 is 5.32 Å². The number of hydrogen-bond donors (Lipinski definition) is 1. The molecule has 0 aliphatic carbocycles. The van der Waals surface area contributed by atoms with Crippen molar-refractivity contribution in [2.45, 2.75) is 45.6 Å². The first-order valence-electron chi connectivity index (χ1n) is 10.2. The highest BCUT2D eigenvalue weighted by atomic mass is 32.2. The first-order chi connectivity index (χ1) is 14.5. The van der Waals surface area contributed by atoms with E-state index < -0.39 is 10.0 Å². The lowest BCUT2D eigenvalue weighted by atomic mass is 10.1. The van der Waals surface area contributed by atoms with E-state index in [-0.39, 0.29) is 35.8 Å². The zero-order valence-corrected chi connectivity index (χ0v) is 19.4. The van der Waals surface area contributed by atoms with Crippen molar-refractivity contribution in [1.29, 1.82) is 0 Å². The Hall–Kier alpha value is -2.72. The van der Waals surface area contributed by atoms with Crippen LogP contribution in [0.4, 0.5) is 5.69 Å². The van der Waals surface area contributed by atoms with E-state index in [0.29, 0.717) is 35.7 Å². The standard InChI is InChI=1S/C21H29N5O4S/c1-14(2)26-16(4)20(15(3)23-26)31(29,30)25-11-9-24(10-12-25)21(28)18-7-6-8-19(13-18)22-17(5)27/h6-8,13-14H,9-12H2,1-5H3,(H,22,27). The third-order valence-electron chi connectivity index (χ3n) is 5.30. The Bertz CT molecular complexity index is 1100. The van der Waals surface area contributed by atoms with Crippen molar-refractivity contribution in [2.75, 3.05) is 31.5 Å². The van der Waals surface area contributed by atoms with Gasteiger partial charge < -0.3 is 10.2 Å². The zero-order chi connectivity index (χ0) is 22.9. The van der Waals surface area contributed by atoms with Crippen molar-refractivity contribution in [3.05, 3.63) is 41.2 Å². The maximum atomic E-state index is 13.3. The van der Waals surface area contributed by atoms with Crippen molar-refractivity contribution in [1.82, 2.24) is 19.0 Å². The molecule has 0 saturated carbocycles. The summed E-state index contributed by atoms with van der Waals surface area (Å²) in [5.41, 5.74) is 2.11. The molecule has 1 aliphatic heterocycles. The Kier molecular flexibility index (Phi) is 6.51. The number of aryl methyl sites for hydroxylation is 1. The number of nitrogens with zero attached hydrogens (tertiary/aromatic N) is 4. The monoisotopic (exact) mass is 447 g/mol. The molecular weight excluding hydrogens is 418 g/mol. The summed E-state index contributed by atoms with van der Waals surface area (Å²) in [5.74, 6) is -0.404. The molecular formula is C21H29N5O4S. The molecule has 1 N–H and O–H groups in total. The summed E-state index contributed by atoms with van der Waals surface area (Å²) in [6.07, 6.45) is 0. The lowest BCUT2D eigenvalue weighted by Crippen LogP contribution is -2.50. The van der Waals surface area contributed by atoms with Crippen molar-refractivity contribution >= 4 is 27.5 Å². The molecule has 9 nitrogen and oxygen atoms in total. The second kappa shape index (κ2) is 8.80. The van der Waals surface area contributed by atoms with E-state index in [1.165, 1.54) is 11.2 Å². The van der Waals surface area contributed by atoms with Gasteiger partial charge in [0.2, 0.25) is 15.9 Å². The minimum absolute atomic E-state index is 0.0605. The summed E-state index contributed by atoms with van der Waals surface area (Å²) in [5, 5.41) is 7.06. The normalized spacial score (nSPS) is 15.4. The van der Waals surface area contributed by atoms with Gasteiger partial charge in [0.1, 0.15) is 4.90 Å². The van der Waals surface area contributed by atoms with Gasteiger partial charge in [0.15, 0.2) is 0 Å². The fourth-order valence-corrected chi connectivity index (χ4v) is 5.68. The van der Waals surface area contributed by atoms with Crippen LogP contribution in [0.3, 0.4) is 0 Å². The van der Waals surface area contributed by atoms with Crippen LogP contribution in [0, 0.1) is 13.8 Å². The molecule has 0 bridgehead atoms. The van der Waals surface area contributed by atoms with Crippen molar-refractivity contribution in [3.63, 3.8) is 0 Å². The summed E-state index contributed by atoms with van der Waals surface area (Å²) >= 11 is 0. The molecule has 168 valence electrons. The number of sulfonamides is 1. The van der Waals surface area contributed by atoms with Crippen molar-refractivity contribution in [2.24, 2.45) is 0 Å². The van der Waals surface area contributed by atoms with Gasteiger partial charge in [-0.3, -0.25) is 14.3 Å². The van der Waals surface area contributed by atoms with Gasteiger partial charge in [0, 0.05) is 50.4 Å². The molecule has 1 aromatic carbocycles. The summed E-state index contributed by atoms with van der Waals surface area (Å²) in [6.45, 7) is 9.81. The molecule has 1 fully saturated rings. The number of anilines is 1. The highest BCUT2D eigenvalue weighted by Gasteiger charge is 2.34. The van der Waals surface area contributed by atoms with Crippen molar-refractivity contribution in [3.8, 4) is 0 Å². The van der Waals surface area contributed by atoms with E-state index in [9.17, 15) is 18.0 Å². The second-order valence-electron chi connectivity index (χ2n) is 8.00. The van der Waals surface area contributed by atoms with Gasteiger partial charge in [0.25, 0.3) is 5.91 Å². The van der Waals surface area contributed by atoms with Crippen molar-refractivity contribution < 1.29 is 18.0 Å². The Morgan fingerprint density at radius 2 is 1.74 bits per heavy atom. The van der Waals surface area contributed by atoms with Gasteiger partial charge in [-0.2, -0.15) is 9.40 Å². The number of hydrogen-bond acceptors (Lipinski definition) is 5. The van der Waals surface area contributed by atoms with E-state index in [1.807, 2.05) is 13.8 Å². The number of amides is 2. The predicted molar refractivity (Wildman–Crippen MR) is 117 cm³/mol. The number of carbonyl (C=O) groups is 2. The average molecular weight is 448 g/mol. The lowest BCUT2D eigenvalue weighted by Gasteiger charge is -2.34.